The molecule has 0 unspecified atom stereocenters. The lowest BCUT2D eigenvalue weighted by Crippen LogP contribution is -2.57. The fraction of sp³-hybridized carbons (Fsp3) is 0.636. The van der Waals surface area contributed by atoms with Gasteiger partial charge in [-0.25, -0.2) is 9.59 Å². The van der Waals surface area contributed by atoms with Crippen LogP contribution in [0.5, 0.6) is 11.5 Å². The van der Waals surface area contributed by atoms with Gasteiger partial charge in [0.15, 0.2) is 35.3 Å². The molecule has 59 heavy (non-hydrogen) atoms. The average molecular weight is 861 g/mol. The van der Waals surface area contributed by atoms with Crippen molar-refractivity contribution in [3.8, 4) is 11.5 Å². The van der Waals surface area contributed by atoms with Crippen molar-refractivity contribution in [2.45, 2.75) is 152 Å². The van der Waals surface area contributed by atoms with Gasteiger partial charge in [0.1, 0.15) is 29.8 Å². The van der Waals surface area contributed by atoms with E-state index >= 15 is 0 Å². The van der Waals surface area contributed by atoms with Gasteiger partial charge in [-0.2, -0.15) is 0 Å². The number of aliphatic hydroxyl groups excluding tert-OH is 1. The molecule has 2 aliphatic heterocycles. The number of aliphatic hydroxyl groups is 1. The van der Waals surface area contributed by atoms with Crippen molar-refractivity contribution in [1.29, 1.82) is 0 Å². The van der Waals surface area contributed by atoms with Crippen molar-refractivity contribution in [3.63, 3.8) is 0 Å². The summed E-state index contributed by atoms with van der Waals surface area (Å²) in [5, 5.41) is 11.2. The minimum atomic E-state index is -2.58. The van der Waals surface area contributed by atoms with Crippen LogP contribution >= 0.6 is 0 Å². The quantitative estimate of drug-likeness (QED) is 0.0931. The molecule has 4 rings (SSSR count). The van der Waals surface area contributed by atoms with E-state index < -0.39 is 83.9 Å². The standard InChI is InChI=1S/C44H68O13Si2/c1-43(2,3)58(11,12)56-35(26-34-33(23-24-38(50-9)52-34)54-41(46)28-15-19-30(48-7)20-16-28)36(57-59(13,14)44(4,5)6)27-37-40(32(45)25-39(51-10)53-37)55-42(47)29-17-21-31(49-8)22-18-29/h15-24,32-40,45H,25-27H2,1-14H3/t32-,33-,34+,35+,36+,37+,38-,39-,40-/m0/s1. The molecular weight excluding hydrogens is 793 g/mol. The van der Waals surface area contributed by atoms with E-state index in [4.69, 9.17) is 46.7 Å². The highest BCUT2D eigenvalue weighted by atomic mass is 28.4. The predicted octanol–water partition coefficient (Wildman–Crippen LogP) is 8.07. The summed E-state index contributed by atoms with van der Waals surface area (Å²) in [6.45, 7) is 21.7. The van der Waals surface area contributed by atoms with Crippen LogP contribution in [0.2, 0.25) is 36.3 Å². The molecular formula is C44H68O13Si2. The van der Waals surface area contributed by atoms with Gasteiger partial charge in [-0.1, -0.05) is 41.5 Å². The Morgan fingerprint density at radius 3 is 1.56 bits per heavy atom. The Bertz CT molecular complexity index is 1680. The summed E-state index contributed by atoms with van der Waals surface area (Å²) in [6.07, 6.45) is -3.37. The van der Waals surface area contributed by atoms with Crippen molar-refractivity contribution < 1.29 is 61.4 Å². The lowest BCUT2D eigenvalue weighted by atomic mass is 9.92. The number of hydrogen-bond acceptors (Lipinski definition) is 13. The smallest absolute Gasteiger partial charge is 0.338 e. The van der Waals surface area contributed by atoms with Crippen molar-refractivity contribution in [3.05, 3.63) is 71.8 Å². The summed E-state index contributed by atoms with van der Waals surface area (Å²) in [5.74, 6) is 0.0607. The van der Waals surface area contributed by atoms with Crippen LogP contribution in [0, 0.1) is 0 Å². The predicted molar refractivity (Wildman–Crippen MR) is 229 cm³/mol. The molecule has 1 saturated heterocycles. The summed E-state index contributed by atoms with van der Waals surface area (Å²) in [6, 6.07) is 13.3. The third-order valence-corrected chi connectivity index (χ3v) is 21.1. The maximum absolute atomic E-state index is 13.6. The van der Waals surface area contributed by atoms with Crippen molar-refractivity contribution in [1.82, 2.24) is 0 Å². The van der Waals surface area contributed by atoms with Crippen LogP contribution in [-0.4, -0.2) is 117 Å². The Balaban J connectivity index is 1.78. The summed E-state index contributed by atoms with van der Waals surface area (Å²) in [4.78, 5) is 27.2. The first-order chi connectivity index (χ1) is 27.5. The van der Waals surface area contributed by atoms with Crippen LogP contribution in [0.4, 0.5) is 0 Å². The molecule has 9 atom stereocenters. The van der Waals surface area contributed by atoms with E-state index in [2.05, 4.69) is 67.7 Å². The van der Waals surface area contributed by atoms with Gasteiger partial charge in [0.2, 0.25) is 0 Å². The maximum Gasteiger partial charge on any atom is 0.338 e. The lowest BCUT2D eigenvalue weighted by Gasteiger charge is -2.48. The molecule has 2 heterocycles. The third kappa shape index (κ3) is 12.7. The van der Waals surface area contributed by atoms with Crippen LogP contribution in [0.25, 0.3) is 0 Å². The highest BCUT2D eigenvalue weighted by Crippen LogP contribution is 2.43. The Kier molecular flexibility index (Phi) is 16.6. The van der Waals surface area contributed by atoms with Gasteiger partial charge in [0, 0.05) is 33.5 Å². The van der Waals surface area contributed by atoms with Gasteiger partial charge in [-0.15, -0.1) is 0 Å². The largest absolute Gasteiger partial charge is 0.497 e. The Morgan fingerprint density at radius 2 is 1.14 bits per heavy atom. The monoisotopic (exact) mass is 860 g/mol. The molecule has 2 aliphatic rings. The molecule has 1 fully saturated rings. The van der Waals surface area contributed by atoms with Crippen molar-refractivity contribution in [2.75, 3.05) is 28.4 Å². The SMILES string of the molecule is COc1ccc(C(=O)O[C@H]2[C@@H](O)C[C@@H](OC)O[C@@H]2C[C@@H](O[Si](C)(C)C(C)(C)C)[C@@H](C[C@H]2O[C@H](OC)C=C[C@@H]2OC(=O)c2ccc(OC)cc2)O[Si](C)(C)C(C)(C)C)cc1. The minimum Gasteiger partial charge on any atom is -0.497 e. The first kappa shape index (κ1) is 48.5. The minimum absolute atomic E-state index is 0.0904. The number of carbonyl (C=O) groups excluding carboxylic acids is 2. The number of ether oxygens (including phenoxy) is 8. The van der Waals surface area contributed by atoms with E-state index in [0.29, 0.717) is 22.6 Å². The zero-order chi connectivity index (χ0) is 43.9. The van der Waals surface area contributed by atoms with Gasteiger partial charge < -0.3 is 51.9 Å². The molecule has 1 N–H and O–H groups in total. The normalized spacial score (nSPS) is 25.2. The van der Waals surface area contributed by atoms with Crippen LogP contribution in [0.3, 0.4) is 0 Å². The Labute approximate surface area is 353 Å². The third-order valence-electron chi connectivity index (χ3n) is 12.1. The van der Waals surface area contributed by atoms with Crippen LogP contribution < -0.4 is 9.47 Å². The molecule has 0 amide bonds. The number of rotatable bonds is 17. The summed E-state index contributed by atoms with van der Waals surface area (Å²) >= 11 is 0. The summed E-state index contributed by atoms with van der Waals surface area (Å²) in [5.41, 5.74) is 0.653. The second-order valence-corrected chi connectivity index (χ2v) is 27.8. The average Bonchev–Trinajstić information content (AvgIpc) is 3.17. The highest BCUT2D eigenvalue weighted by molar-refractivity contribution is 6.74. The second kappa shape index (κ2) is 20.2. The topological polar surface area (TPSA) is 147 Å². The molecule has 2 aromatic carbocycles. The zero-order valence-electron chi connectivity index (χ0n) is 37.4. The lowest BCUT2D eigenvalue weighted by molar-refractivity contribution is -0.248. The molecule has 0 radical (unpaired) electrons. The number of benzene rings is 2. The van der Waals surface area contributed by atoms with Crippen LogP contribution in [-0.2, 0) is 37.3 Å². The number of esters is 2. The van der Waals surface area contributed by atoms with Crippen molar-refractivity contribution >= 4 is 28.6 Å². The second-order valence-electron chi connectivity index (χ2n) is 18.3. The number of methoxy groups -OCH3 is 4. The van der Waals surface area contributed by atoms with Gasteiger partial charge >= 0.3 is 11.9 Å². The molecule has 2 aromatic rings. The Hall–Kier alpha value is -3.13. The van der Waals surface area contributed by atoms with E-state index in [1.807, 2.05) is 0 Å². The van der Waals surface area contributed by atoms with Gasteiger partial charge in [-0.05, 0) is 96.9 Å². The molecule has 0 aromatic heterocycles. The number of hydrogen-bond donors (Lipinski definition) is 1. The fourth-order valence-corrected chi connectivity index (χ4v) is 9.14. The summed E-state index contributed by atoms with van der Waals surface area (Å²) < 4.78 is 61.7. The highest BCUT2D eigenvalue weighted by Gasteiger charge is 2.49. The van der Waals surface area contributed by atoms with E-state index in [-0.39, 0.29) is 29.3 Å². The maximum atomic E-state index is 13.6. The molecule has 0 spiro atoms. The van der Waals surface area contributed by atoms with Crippen molar-refractivity contribution in [2.24, 2.45) is 0 Å². The van der Waals surface area contributed by atoms with Gasteiger partial charge in [0.25, 0.3) is 0 Å². The molecule has 0 bridgehead atoms. The van der Waals surface area contributed by atoms with Crippen LogP contribution in [0.15, 0.2) is 60.7 Å². The van der Waals surface area contributed by atoms with E-state index in [1.54, 1.807) is 82.0 Å². The molecule has 0 aliphatic carbocycles. The van der Waals surface area contributed by atoms with Gasteiger partial charge in [0.05, 0.1) is 43.7 Å². The Morgan fingerprint density at radius 1 is 0.678 bits per heavy atom. The van der Waals surface area contributed by atoms with E-state index in [0.717, 1.165) is 0 Å². The number of carbonyl (C=O) groups is 2. The molecule has 330 valence electrons. The molecule has 15 heteroatoms. The first-order valence-electron chi connectivity index (χ1n) is 20.3. The fourth-order valence-electron chi connectivity index (χ4n) is 6.42. The molecule has 13 nitrogen and oxygen atoms in total. The van der Waals surface area contributed by atoms with E-state index in [1.165, 1.54) is 7.11 Å². The van der Waals surface area contributed by atoms with Crippen LogP contribution in [0.1, 0.15) is 81.5 Å². The van der Waals surface area contributed by atoms with Gasteiger partial charge in [-0.3, -0.25) is 0 Å². The zero-order valence-corrected chi connectivity index (χ0v) is 39.4. The summed E-state index contributed by atoms with van der Waals surface area (Å²) in [7, 11) is 1.02. The molecule has 0 saturated carbocycles. The first-order valence-corrected chi connectivity index (χ1v) is 26.1. The van der Waals surface area contributed by atoms with E-state index in [9.17, 15) is 14.7 Å².